The second-order valence-corrected chi connectivity index (χ2v) is 6.38. The molecule has 1 saturated heterocycles. The Hall–Kier alpha value is -0.390. The molecular weight excluding hydrogens is 374 g/mol. The maximum atomic E-state index is 12.4. The van der Waals surface area contributed by atoms with Crippen LogP contribution >= 0.6 is 31.9 Å². The minimum Gasteiger partial charge on any atom is -0.381 e. The van der Waals surface area contributed by atoms with Crippen LogP contribution in [0.15, 0.2) is 22.7 Å². The normalized spacial score (nSPS) is 18.1. The number of nitrogens with one attached hydrogen (secondary N) is 1. The number of carbonyl (C=O) groups is 1. The predicted octanol–water partition coefficient (Wildman–Crippen LogP) is 3.43. The molecule has 0 bridgehead atoms. The number of benzene rings is 1. The quantitative estimate of drug-likeness (QED) is 0.803. The zero-order valence-electron chi connectivity index (χ0n) is 10.8. The first-order valence-corrected chi connectivity index (χ1v) is 8.20. The van der Waals surface area contributed by atoms with Crippen molar-refractivity contribution in [3.8, 4) is 0 Å². The molecule has 5 heteroatoms. The molecular formula is C14H17Br2NO2. The number of ether oxygens (including phenoxy) is 1. The lowest BCUT2D eigenvalue weighted by molar-refractivity contribution is 0.0441. The van der Waals surface area contributed by atoms with Gasteiger partial charge in [0.15, 0.2) is 0 Å². The zero-order chi connectivity index (χ0) is 13.9. The van der Waals surface area contributed by atoms with E-state index in [1.165, 1.54) is 0 Å². The van der Waals surface area contributed by atoms with Gasteiger partial charge in [-0.05, 0) is 53.4 Å². The van der Waals surface area contributed by atoms with E-state index in [-0.39, 0.29) is 11.4 Å². The standard InChI is InChI=1S/C14H17Br2NO2/c1-10-2-3-11(12(16)8-10)13(18)17-14(9-15)4-6-19-7-5-14/h2-3,8H,4-7,9H2,1H3,(H,17,18). The molecule has 0 radical (unpaired) electrons. The van der Waals surface area contributed by atoms with E-state index in [0.717, 1.165) is 28.2 Å². The Kier molecular flexibility index (Phi) is 5.03. The van der Waals surface area contributed by atoms with E-state index in [4.69, 9.17) is 4.74 Å². The van der Waals surface area contributed by atoms with Gasteiger partial charge >= 0.3 is 0 Å². The van der Waals surface area contributed by atoms with Crippen LogP contribution in [0.25, 0.3) is 0 Å². The molecule has 1 aliphatic heterocycles. The maximum Gasteiger partial charge on any atom is 0.252 e. The Morgan fingerprint density at radius 3 is 2.68 bits per heavy atom. The van der Waals surface area contributed by atoms with Gasteiger partial charge in [-0.3, -0.25) is 4.79 Å². The van der Waals surface area contributed by atoms with E-state index >= 15 is 0 Å². The van der Waals surface area contributed by atoms with Gasteiger partial charge in [0.2, 0.25) is 0 Å². The van der Waals surface area contributed by atoms with Crippen LogP contribution < -0.4 is 5.32 Å². The fraction of sp³-hybridized carbons (Fsp3) is 0.500. The van der Waals surface area contributed by atoms with Crippen LogP contribution in [0.2, 0.25) is 0 Å². The summed E-state index contributed by atoms with van der Waals surface area (Å²) < 4.78 is 6.21. The lowest BCUT2D eigenvalue weighted by atomic mass is 9.92. The van der Waals surface area contributed by atoms with E-state index in [9.17, 15) is 4.79 Å². The topological polar surface area (TPSA) is 38.3 Å². The SMILES string of the molecule is Cc1ccc(C(=O)NC2(CBr)CCOCC2)c(Br)c1. The van der Waals surface area contributed by atoms with Crippen molar-refractivity contribution in [2.45, 2.75) is 25.3 Å². The molecule has 1 aliphatic rings. The summed E-state index contributed by atoms with van der Waals surface area (Å²) in [5.41, 5.74) is 1.61. The first-order chi connectivity index (χ1) is 9.06. The lowest BCUT2D eigenvalue weighted by Gasteiger charge is -2.36. The van der Waals surface area contributed by atoms with E-state index < -0.39 is 0 Å². The van der Waals surface area contributed by atoms with Gasteiger partial charge in [-0.1, -0.05) is 22.0 Å². The van der Waals surface area contributed by atoms with Gasteiger partial charge in [0.1, 0.15) is 0 Å². The summed E-state index contributed by atoms with van der Waals surface area (Å²) in [5.74, 6) is -0.0341. The van der Waals surface area contributed by atoms with Crippen molar-refractivity contribution in [2.24, 2.45) is 0 Å². The molecule has 104 valence electrons. The van der Waals surface area contributed by atoms with E-state index in [0.29, 0.717) is 18.8 Å². The third-order valence-corrected chi connectivity index (χ3v) is 5.18. The molecule has 0 saturated carbocycles. The Morgan fingerprint density at radius 2 is 2.11 bits per heavy atom. The van der Waals surface area contributed by atoms with E-state index in [2.05, 4.69) is 37.2 Å². The largest absolute Gasteiger partial charge is 0.381 e. The highest BCUT2D eigenvalue weighted by atomic mass is 79.9. The molecule has 1 heterocycles. The number of alkyl halides is 1. The average Bonchev–Trinajstić information content (AvgIpc) is 2.39. The second-order valence-electron chi connectivity index (χ2n) is 4.96. The molecule has 0 aromatic heterocycles. The predicted molar refractivity (Wildman–Crippen MR) is 82.9 cm³/mol. The van der Waals surface area contributed by atoms with Crippen LogP contribution in [-0.2, 0) is 4.74 Å². The second kappa shape index (κ2) is 6.37. The molecule has 0 atom stereocenters. The summed E-state index contributed by atoms with van der Waals surface area (Å²) in [5, 5.41) is 3.91. The van der Waals surface area contributed by atoms with E-state index in [1.54, 1.807) is 0 Å². The molecule has 3 nitrogen and oxygen atoms in total. The highest BCUT2D eigenvalue weighted by molar-refractivity contribution is 9.10. The monoisotopic (exact) mass is 389 g/mol. The summed E-state index contributed by atoms with van der Waals surface area (Å²) in [6.07, 6.45) is 1.68. The van der Waals surface area contributed by atoms with Crippen molar-refractivity contribution in [1.29, 1.82) is 0 Å². The third kappa shape index (κ3) is 3.58. The van der Waals surface area contributed by atoms with Gasteiger partial charge in [-0.25, -0.2) is 0 Å². The molecule has 2 rings (SSSR count). The summed E-state index contributed by atoms with van der Waals surface area (Å²) in [7, 11) is 0. The van der Waals surface area contributed by atoms with Gasteiger partial charge < -0.3 is 10.1 Å². The molecule has 19 heavy (non-hydrogen) atoms. The number of hydrogen-bond acceptors (Lipinski definition) is 2. The number of amides is 1. The van der Waals surface area contributed by atoms with Crippen LogP contribution in [-0.4, -0.2) is 30.0 Å². The summed E-state index contributed by atoms with van der Waals surface area (Å²) in [6.45, 7) is 3.40. The van der Waals surface area contributed by atoms with Crippen molar-refractivity contribution < 1.29 is 9.53 Å². The molecule has 0 aliphatic carbocycles. The molecule has 0 spiro atoms. The fourth-order valence-corrected chi connectivity index (χ4v) is 3.54. The Bertz CT molecular complexity index is 471. The molecule has 1 aromatic carbocycles. The summed E-state index contributed by atoms with van der Waals surface area (Å²) in [6, 6.07) is 5.76. The van der Waals surface area contributed by atoms with E-state index in [1.807, 2.05) is 25.1 Å². The Morgan fingerprint density at radius 1 is 1.42 bits per heavy atom. The highest BCUT2D eigenvalue weighted by Crippen LogP contribution is 2.25. The smallest absolute Gasteiger partial charge is 0.252 e. The average molecular weight is 391 g/mol. The number of halogens is 2. The molecule has 1 amide bonds. The number of hydrogen-bond donors (Lipinski definition) is 1. The van der Waals surface area contributed by atoms with Crippen LogP contribution in [0.5, 0.6) is 0 Å². The lowest BCUT2D eigenvalue weighted by Crippen LogP contribution is -2.53. The minimum absolute atomic E-state index is 0.0341. The summed E-state index contributed by atoms with van der Waals surface area (Å²) in [4.78, 5) is 12.4. The van der Waals surface area contributed by atoms with Crippen LogP contribution in [0.4, 0.5) is 0 Å². The van der Waals surface area contributed by atoms with Crippen LogP contribution in [0.3, 0.4) is 0 Å². The fourth-order valence-electron chi connectivity index (χ4n) is 2.17. The van der Waals surface area contributed by atoms with Crippen molar-refractivity contribution >= 4 is 37.8 Å². The molecule has 0 unspecified atom stereocenters. The highest BCUT2D eigenvalue weighted by Gasteiger charge is 2.33. The van der Waals surface area contributed by atoms with Crippen molar-refractivity contribution in [2.75, 3.05) is 18.5 Å². The molecule has 1 aromatic rings. The Balaban J connectivity index is 2.15. The Labute approximate surface area is 130 Å². The number of carbonyl (C=O) groups excluding carboxylic acids is 1. The summed E-state index contributed by atoms with van der Waals surface area (Å²) >= 11 is 6.97. The molecule has 1 fully saturated rings. The number of rotatable bonds is 3. The van der Waals surface area contributed by atoms with Crippen molar-refractivity contribution in [3.63, 3.8) is 0 Å². The minimum atomic E-state index is -0.195. The van der Waals surface area contributed by atoms with Gasteiger partial charge in [0, 0.05) is 23.0 Å². The first kappa shape index (κ1) is 15.0. The number of aryl methyl sites for hydroxylation is 1. The van der Waals surface area contributed by atoms with Gasteiger partial charge in [-0.2, -0.15) is 0 Å². The van der Waals surface area contributed by atoms with Gasteiger partial charge in [0.05, 0.1) is 11.1 Å². The molecule has 1 N–H and O–H groups in total. The zero-order valence-corrected chi connectivity index (χ0v) is 14.0. The van der Waals surface area contributed by atoms with Crippen molar-refractivity contribution in [3.05, 3.63) is 33.8 Å². The van der Waals surface area contributed by atoms with Crippen LogP contribution in [0, 0.1) is 6.92 Å². The van der Waals surface area contributed by atoms with Crippen molar-refractivity contribution in [1.82, 2.24) is 5.32 Å². The maximum absolute atomic E-state index is 12.4. The first-order valence-electron chi connectivity index (χ1n) is 6.29. The van der Waals surface area contributed by atoms with Gasteiger partial charge in [0.25, 0.3) is 5.91 Å². The van der Waals surface area contributed by atoms with Crippen LogP contribution in [0.1, 0.15) is 28.8 Å². The third-order valence-electron chi connectivity index (χ3n) is 3.45. The van der Waals surface area contributed by atoms with Gasteiger partial charge in [-0.15, -0.1) is 0 Å².